The monoisotopic (exact) mass is 302 g/mol. The lowest BCUT2D eigenvalue weighted by Gasteiger charge is -2.02. The van der Waals surface area contributed by atoms with Crippen LogP contribution in [-0.4, -0.2) is 31.9 Å². The Bertz CT molecular complexity index is 592. The fourth-order valence-corrected chi connectivity index (χ4v) is 1.71. The van der Waals surface area contributed by atoms with Gasteiger partial charge in [-0.05, 0) is 36.8 Å². The van der Waals surface area contributed by atoms with Gasteiger partial charge < -0.3 is 14.6 Å². The third-order valence-corrected chi connectivity index (χ3v) is 2.86. The highest BCUT2D eigenvalue weighted by atomic mass is 16.5. The average Bonchev–Trinajstić information content (AvgIpc) is 2.55. The normalized spacial score (nSPS) is 9.23. The first-order valence-electron chi connectivity index (χ1n) is 6.47. The number of ether oxygens (including phenoxy) is 2. The Morgan fingerprint density at radius 3 is 1.86 bits per heavy atom. The van der Waals surface area contributed by atoms with E-state index in [0.29, 0.717) is 28.9 Å². The molecule has 0 bridgehead atoms. The SMILES string of the molecule is COc1cc(C)ccc1C=O.COc1cc(O)ccc1C=O. The molecule has 0 fully saturated rings. The maximum Gasteiger partial charge on any atom is 0.153 e. The van der Waals surface area contributed by atoms with Gasteiger partial charge in [-0.2, -0.15) is 0 Å². The fraction of sp³-hybridized carbons (Fsp3) is 0.176. The first kappa shape index (κ1) is 17.2. The zero-order valence-electron chi connectivity index (χ0n) is 12.7. The summed E-state index contributed by atoms with van der Waals surface area (Å²) in [5, 5.41) is 8.97. The minimum Gasteiger partial charge on any atom is -0.508 e. The molecule has 1 N–H and O–H groups in total. The summed E-state index contributed by atoms with van der Waals surface area (Å²) >= 11 is 0. The summed E-state index contributed by atoms with van der Waals surface area (Å²) in [4.78, 5) is 20.8. The summed E-state index contributed by atoms with van der Waals surface area (Å²) in [7, 11) is 3.00. The summed E-state index contributed by atoms with van der Waals surface area (Å²) in [5.74, 6) is 1.12. The van der Waals surface area contributed by atoms with E-state index in [1.807, 2.05) is 19.1 Å². The molecule has 0 unspecified atom stereocenters. The maximum atomic E-state index is 10.4. The molecule has 116 valence electrons. The van der Waals surface area contributed by atoms with Gasteiger partial charge in [-0.1, -0.05) is 6.07 Å². The molecule has 0 atom stereocenters. The van der Waals surface area contributed by atoms with Gasteiger partial charge in [0.1, 0.15) is 17.2 Å². The largest absolute Gasteiger partial charge is 0.508 e. The number of aromatic hydroxyl groups is 1. The Morgan fingerprint density at radius 1 is 0.864 bits per heavy atom. The molecule has 0 saturated heterocycles. The van der Waals surface area contributed by atoms with Crippen LogP contribution in [0.15, 0.2) is 36.4 Å². The zero-order valence-corrected chi connectivity index (χ0v) is 12.7. The molecule has 5 nitrogen and oxygen atoms in total. The Morgan fingerprint density at radius 2 is 1.36 bits per heavy atom. The number of benzene rings is 2. The molecule has 2 aromatic carbocycles. The van der Waals surface area contributed by atoms with Gasteiger partial charge in [0, 0.05) is 6.07 Å². The third-order valence-electron chi connectivity index (χ3n) is 2.86. The molecule has 0 aliphatic rings. The van der Waals surface area contributed by atoms with Crippen LogP contribution in [0.3, 0.4) is 0 Å². The van der Waals surface area contributed by atoms with Crippen molar-refractivity contribution >= 4 is 12.6 Å². The number of hydrogen-bond acceptors (Lipinski definition) is 5. The van der Waals surface area contributed by atoms with Crippen molar-refractivity contribution in [2.75, 3.05) is 14.2 Å². The van der Waals surface area contributed by atoms with Crippen molar-refractivity contribution in [2.45, 2.75) is 6.92 Å². The van der Waals surface area contributed by atoms with E-state index in [1.165, 1.54) is 25.3 Å². The molecule has 0 spiro atoms. The number of aldehydes is 2. The average molecular weight is 302 g/mol. The van der Waals surface area contributed by atoms with Crippen LogP contribution in [0.2, 0.25) is 0 Å². The van der Waals surface area contributed by atoms with Gasteiger partial charge in [-0.15, -0.1) is 0 Å². The molecule has 0 aromatic heterocycles. The predicted molar refractivity (Wildman–Crippen MR) is 83.2 cm³/mol. The van der Waals surface area contributed by atoms with Crippen molar-refractivity contribution in [1.29, 1.82) is 0 Å². The van der Waals surface area contributed by atoms with Gasteiger partial charge >= 0.3 is 0 Å². The molecule has 0 radical (unpaired) electrons. The predicted octanol–water partition coefficient (Wildman–Crippen LogP) is 3.03. The number of phenolic OH excluding ortho intramolecular Hbond substituents is 1. The molecule has 0 heterocycles. The van der Waals surface area contributed by atoms with Gasteiger partial charge in [-0.3, -0.25) is 9.59 Å². The third kappa shape index (κ3) is 4.63. The van der Waals surface area contributed by atoms with Crippen LogP contribution >= 0.6 is 0 Å². The van der Waals surface area contributed by atoms with E-state index in [0.717, 1.165) is 11.8 Å². The number of hydrogen-bond donors (Lipinski definition) is 1. The Labute approximate surface area is 129 Å². The molecule has 0 aliphatic carbocycles. The van der Waals surface area contributed by atoms with E-state index in [9.17, 15) is 9.59 Å². The molecule has 22 heavy (non-hydrogen) atoms. The van der Waals surface area contributed by atoms with E-state index >= 15 is 0 Å². The van der Waals surface area contributed by atoms with Crippen LogP contribution in [0.5, 0.6) is 17.2 Å². The van der Waals surface area contributed by atoms with E-state index < -0.39 is 0 Å². The minimum atomic E-state index is 0.0902. The molecular weight excluding hydrogens is 284 g/mol. The summed E-state index contributed by atoms with van der Waals surface area (Å²) in [5.41, 5.74) is 2.12. The number of carbonyl (C=O) groups excluding carboxylic acids is 2. The quantitative estimate of drug-likeness (QED) is 0.879. The Balaban J connectivity index is 0.000000220. The summed E-state index contributed by atoms with van der Waals surface area (Å²) in [6, 6.07) is 9.80. The maximum absolute atomic E-state index is 10.4. The lowest BCUT2D eigenvalue weighted by Crippen LogP contribution is -1.90. The van der Waals surface area contributed by atoms with E-state index in [4.69, 9.17) is 14.6 Å². The van der Waals surface area contributed by atoms with Crippen molar-refractivity contribution in [3.8, 4) is 17.2 Å². The molecule has 2 aromatic rings. The molecule has 0 amide bonds. The first-order chi connectivity index (χ1) is 10.5. The number of methoxy groups -OCH3 is 2. The van der Waals surface area contributed by atoms with Crippen LogP contribution in [-0.2, 0) is 0 Å². The lowest BCUT2D eigenvalue weighted by atomic mass is 10.1. The highest BCUT2D eigenvalue weighted by Gasteiger charge is 2.01. The van der Waals surface area contributed by atoms with Crippen LogP contribution < -0.4 is 9.47 Å². The van der Waals surface area contributed by atoms with Crippen LogP contribution in [0.1, 0.15) is 26.3 Å². The summed E-state index contributed by atoms with van der Waals surface area (Å²) < 4.78 is 9.81. The van der Waals surface area contributed by atoms with Crippen molar-refractivity contribution in [1.82, 2.24) is 0 Å². The second-order valence-corrected chi connectivity index (χ2v) is 4.41. The van der Waals surface area contributed by atoms with Crippen molar-refractivity contribution < 1.29 is 24.2 Å². The highest BCUT2D eigenvalue weighted by molar-refractivity contribution is 5.80. The second kappa shape index (κ2) is 8.46. The summed E-state index contributed by atoms with van der Waals surface area (Å²) in [6.07, 6.45) is 1.47. The van der Waals surface area contributed by atoms with Gasteiger partial charge in [-0.25, -0.2) is 0 Å². The number of rotatable bonds is 4. The highest BCUT2D eigenvalue weighted by Crippen LogP contribution is 2.21. The van der Waals surface area contributed by atoms with Gasteiger partial charge in [0.15, 0.2) is 12.6 Å². The van der Waals surface area contributed by atoms with Crippen LogP contribution in [0.4, 0.5) is 0 Å². The van der Waals surface area contributed by atoms with Crippen molar-refractivity contribution in [3.05, 3.63) is 53.1 Å². The van der Waals surface area contributed by atoms with E-state index in [2.05, 4.69) is 0 Å². The number of aryl methyl sites for hydroxylation is 1. The number of phenols is 1. The van der Waals surface area contributed by atoms with Gasteiger partial charge in [0.25, 0.3) is 0 Å². The number of carbonyl (C=O) groups is 2. The summed E-state index contributed by atoms with van der Waals surface area (Å²) in [6.45, 7) is 1.96. The topological polar surface area (TPSA) is 72.8 Å². The lowest BCUT2D eigenvalue weighted by molar-refractivity contribution is 0.111. The van der Waals surface area contributed by atoms with E-state index in [-0.39, 0.29) is 5.75 Å². The molecule has 0 aliphatic heterocycles. The first-order valence-corrected chi connectivity index (χ1v) is 6.47. The van der Waals surface area contributed by atoms with E-state index in [1.54, 1.807) is 13.2 Å². The standard InChI is InChI=1S/C9H10O2.C8H8O3/c1-7-3-4-8(6-10)9(5-7)11-2;1-11-8-4-7(10)3-2-6(8)5-9/h3-6H,1-2H3;2-5,10H,1H3. The molecule has 0 saturated carbocycles. The fourth-order valence-electron chi connectivity index (χ4n) is 1.71. The molecule has 5 heteroatoms. The minimum absolute atomic E-state index is 0.0902. The Hall–Kier alpha value is -2.82. The molecular formula is C17H18O5. The second-order valence-electron chi connectivity index (χ2n) is 4.41. The zero-order chi connectivity index (χ0) is 16.5. The smallest absolute Gasteiger partial charge is 0.153 e. The van der Waals surface area contributed by atoms with Gasteiger partial charge in [0.05, 0.1) is 25.3 Å². The van der Waals surface area contributed by atoms with Crippen molar-refractivity contribution in [2.24, 2.45) is 0 Å². The molecule has 2 rings (SSSR count). The van der Waals surface area contributed by atoms with Crippen molar-refractivity contribution in [3.63, 3.8) is 0 Å². The van der Waals surface area contributed by atoms with Crippen LogP contribution in [0.25, 0.3) is 0 Å². The Kier molecular flexibility index (Phi) is 6.63. The van der Waals surface area contributed by atoms with Crippen LogP contribution in [0, 0.1) is 6.92 Å². The van der Waals surface area contributed by atoms with Gasteiger partial charge in [0.2, 0.25) is 0 Å².